The number of rotatable bonds is 4. The Kier molecular flexibility index (Phi) is 6.03. The molecule has 1 N–H and O–H groups in total. The molecule has 130 valence electrons. The summed E-state index contributed by atoms with van der Waals surface area (Å²) < 4.78 is 5.55. The summed E-state index contributed by atoms with van der Waals surface area (Å²) in [5.41, 5.74) is -0.446. The molecule has 0 aromatic carbocycles. The number of hydrogen-bond acceptors (Lipinski definition) is 5. The van der Waals surface area contributed by atoms with Crippen molar-refractivity contribution >= 4 is 17.4 Å². The average molecular weight is 340 g/mol. The largest absolute Gasteiger partial charge is 0.444 e. The number of amides is 1. The Morgan fingerprint density at radius 1 is 1.52 bits per heavy atom. The van der Waals surface area contributed by atoms with Crippen LogP contribution in [0.25, 0.3) is 0 Å². The van der Waals surface area contributed by atoms with Crippen LogP contribution in [0.4, 0.5) is 4.79 Å². The summed E-state index contributed by atoms with van der Waals surface area (Å²) >= 11 is 1.72. The van der Waals surface area contributed by atoms with Crippen molar-refractivity contribution in [1.29, 1.82) is 0 Å². The highest BCUT2D eigenvalue weighted by molar-refractivity contribution is 7.11. The number of piperidine rings is 1. The fraction of sp³-hybridized carbons (Fsp3) is 0.765. The Hall–Kier alpha value is -1.14. The van der Waals surface area contributed by atoms with Gasteiger partial charge in [-0.25, -0.2) is 9.78 Å². The van der Waals surface area contributed by atoms with E-state index in [2.05, 4.69) is 24.1 Å². The number of carbonyl (C=O) groups excluding carboxylic acids is 1. The molecule has 0 aliphatic carbocycles. The zero-order valence-electron chi connectivity index (χ0n) is 14.9. The van der Waals surface area contributed by atoms with Gasteiger partial charge in [0.1, 0.15) is 10.6 Å². The van der Waals surface area contributed by atoms with Crippen molar-refractivity contribution in [3.8, 4) is 0 Å². The minimum Gasteiger partial charge on any atom is -0.444 e. The summed E-state index contributed by atoms with van der Waals surface area (Å²) in [5, 5.41) is 4.63. The topological polar surface area (TPSA) is 54.5 Å². The predicted octanol–water partition coefficient (Wildman–Crippen LogP) is 3.89. The van der Waals surface area contributed by atoms with E-state index in [-0.39, 0.29) is 18.2 Å². The van der Waals surface area contributed by atoms with E-state index in [1.165, 1.54) is 4.88 Å². The molecule has 1 saturated heterocycles. The van der Waals surface area contributed by atoms with Crippen LogP contribution >= 0.6 is 11.3 Å². The van der Waals surface area contributed by atoms with Crippen LogP contribution in [0.15, 0.2) is 6.20 Å². The van der Waals surface area contributed by atoms with Gasteiger partial charge in [0, 0.05) is 30.2 Å². The van der Waals surface area contributed by atoms with E-state index in [4.69, 9.17) is 4.74 Å². The molecular weight excluding hydrogens is 310 g/mol. The van der Waals surface area contributed by atoms with Crippen molar-refractivity contribution in [3.05, 3.63) is 16.1 Å². The van der Waals surface area contributed by atoms with Gasteiger partial charge in [0.05, 0.1) is 6.04 Å². The summed E-state index contributed by atoms with van der Waals surface area (Å²) in [5.74, 6) is 0. The summed E-state index contributed by atoms with van der Waals surface area (Å²) in [7, 11) is 0. The normalized spacial score (nSPS) is 20.4. The van der Waals surface area contributed by atoms with Crippen molar-refractivity contribution in [2.24, 2.45) is 0 Å². The molecule has 1 fully saturated rings. The van der Waals surface area contributed by atoms with Gasteiger partial charge in [-0.1, -0.05) is 0 Å². The number of ether oxygens (including phenoxy) is 1. The number of hydrogen-bond donors (Lipinski definition) is 1. The average Bonchev–Trinajstić information content (AvgIpc) is 2.90. The molecule has 1 aliphatic rings. The van der Waals surface area contributed by atoms with Gasteiger partial charge in [-0.15, -0.1) is 11.3 Å². The third kappa shape index (κ3) is 5.46. The molecule has 2 rings (SSSR count). The zero-order chi connectivity index (χ0) is 17.0. The molecule has 6 heteroatoms. The van der Waals surface area contributed by atoms with Crippen LogP contribution in [0.1, 0.15) is 62.9 Å². The zero-order valence-corrected chi connectivity index (χ0v) is 15.7. The van der Waals surface area contributed by atoms with Crippen LogP contribution in [-0.4, -0.2) is 40.7 Å². The molecule has 1 amide bonds. The third-order valence-corrected chi connectivity index (χ3v) is 5.02. The minimum absolute atomic E-state index is 0.193. The highest BCUT2D eigenvalue weighted by Gasteiger charge is 2.30. The lowest BCUT2D eigenvalue weighted by Crippen LogP contribution is -2.50. The highest BCUT2D eigenvalue weighted by Crippen LogP contribution is 2.22. The maximum atomic E-state index is 12.4. The molecule has 5 nitrogen and oxygen atoms in total. The first-order valence-electron chi connectivity index (χ1n) is 8.41. The van der Waals surface area contributed by atoms with Crippen LogP contribution in [0, 0.1) is 6.92 Å². The van der Waals surface area contributed by atoms with E-state index < -0.39 is 5.60 Å². The fourth-order valence-electron chi connectivity index (χ4n) is 2.75. The van der Waals surface area contributed by atoms with Crippen LogP contribution in [0.3, 0.4) is 0 Å². The molecule has 2 unspecified atom stereocenters. The maximum absolute atomic E-state index is 12.4. The first kappa shape index (κ1) is 18.2. The van der Waals surface area contributed by atoms with E-state index in [1.54, 1.807) is 11.3 Å². The molecule has 0 spiro atoms. The fourth-order valence-corrected chi connectivity index (χ4v) is 3.55. The molecule has 0 saturated carbocycles. The van der Waals surface area contributed by atoms with Gasteiger partial charge in [-0.05, 0) is 53.9 Å². The predicted molar refractivity (Wildman–Crippen MR) is 93.8 cm³/mol. The van der Waals surface area contributed by atoms with E-state index in [9.17, 15) is 4.79 Å². The second kappa shape index (κ2) is 7.62. The molecule has 0 radical (unpaired) electrons. The van der Waals surface area contributed by atoms with Gasteiger partial charge in [-0.3, -0.25) is 0 Å². The van der Waals surface area contributed by atoms with Crippen molar-refractivity contribution in [3.63, 3.8) is 0 Å². The quantitative estimate of drug-likeness (QED) is 0.904. The van der Waals surface area contributed by atoms with Gasteiger partial charge in [0.15, 0.2) is 0 Å². The Bertz CT molecular complexity index is 524. The number of carbonyl (C=O) groups is 1. The number of nitrogens with one attached hydrogen (secondary N) is 1. The summed E-state index contributed by atoms with van der Waals surface area (Å²) in [6, 6.07) is 0.401. The number of likely N-dealkylation sites (tertiary alicyclic amines) is 1. The smallest absolute Gasteiger partial charge is 0.410 e. The Morgan fingerprint density at radius 2 is 2.26 bits per heavy atom. The molecule has 1 aliphatic heterocycles. The lowest BCUT2D eigenvalue weighted by molar-refractivity contribution is 0.00970. The van der Waals surface area contributed by atoms with Crippen LogP contribution in [0.2, 0.25) is 0 Å². The molecular formula is C17H29N3O2S. The van der Waals surface area contributed by atoms with E-state index in [0.29, 0.717) is 0 Å². The van der Waals surface area contributed by atoms with E-state index in [1.807, 2.05) is 31.9 Å². The highest BCUT2D eigenvalue weighted by atomic mass is 32.1. The molecule has 1 aromatic heterocycles. The molecule has 2 atom stereocenters. The van der Waals surface area contributed by atoms with Crippen molar-refractivity contribution in [2.75, 3.05) is 13.1 Å². The van der Waals surface area contributed by atoms with Crippen molar-refractivity contribution in [2.45, 2.75) is 71.6 Å². The van der Waals surface area contributed by atoms with Crippen LogP contribution in [0.5, 0.6) is 0 Å². The first-order chi connectivity index (χ1) is 10.8. The van der Waals surface area contributed by atoms with Crippen LogP contribution in [-0.2, 0) is 4.74 Å². The summed E-state index contributed by atoms with van der Waals surface area (Å²) in [6.45, 7) is 11.5. The van der Waals surface area contributed by atoms with Gasteiger partial charge in [0.2, 0.25) is 0 Å². The lowest BCUT2D eigenvalue weighted by atomic mass is 10.0. The second-order valence-electron chi connectivity index (χ2n) is 7.26. The maximum Gasteiger partial charge on any atom is 0.410 e. The first-order valence-corrected chi connectivity index (χ1v) is 9.23. The summed E-state index contributed by atoms with van der Waals surface area (Å²) in [4.78, 5) is 20.0. The van der Waals surface area contributed by atoms with E-state index >= 15 is 0 Å². The molecule has 1 aromatic rings. The number of nitrogens with zero attached hydrogens (tertiary/aromatic N) is 2. The second-order valence-corrected chi connectivity index (χ2v) is 8.53. The van der Waals surface area contributed by atoms with Gasteiger partial charge in [-0.2, -0.15) is 0 Å². The number of aryl methyl sites for hydroxylation is 1. The van der Waals surface area contributed by atoms with Gasteiger partial charge in [0.25, 0.3) is 0 Å². The number of aromatic nitrogens is 1. The van der Waals surface area contributed by atoms with Gasteiger partial charge < -0.3 is 15.0 Å². The molecule has 2 heterocycles. The molecule has 23 heavy (non-hydrogen) atoms. The SMILES string of the molecule is Cc1cnc(C(C)NCC2CCCCN2C(=O)OC(C)(C)C)s1. The Balaban J connectivity index is 1.92. The summed E-state index contributed by atoms with van der Waals surface area (Å²) in [6.07, 6.45) is 4.95. The van der Waals surface area contributed by atoms with Gasteiger partial charge >= 0.3 is 6.09 Å². The lowest BCUT2D eigenvalue weighted by Gasteiger charge is -2.37. The standard InChI is InChI=1S/C17H29N3O2S/c1-12-10-19-15(23-12)13(2)18-11-14-8-6-7-9-20(14)16(21)22-17(3,4)5/h10,13-14,18H,6-9,11H2,1-5H3. The molecule has 0 bridgehead atoms. The third-order valence-electron chi connectivity index (χ3n) is 3.92. The number of thiazole rings is 1. The Labute approximate surface area is 143 Å². The monoisotopic (exact) mass is 339 g/mol. The Morgan fingerprint density at radius 3 is 2.87 bits per heavy atom. The van der Waals surface area contributed by atoms with Crippen molar-refractivity contribution in [1.82, 2.24) is 15.2 Å². The van der Waals surface area contributed by atoms with Crippen molar-refractivity contribution < 1.29 is 9.53 Å². The van der Waals surface area contributed by atoms with Crippen LogP contribution < -0.4 is 5.32 Å². The van der Waals surface area contributed by atoms with E-state index in [0.717, 1.165) is 37.4 Å². The minimum atomic E-state index is -0.446.